The van der Waals surface area contributed by atoms with E-state index >= 15 is 0 Å². The molecule has 0 N–H and O–H groups in total. The van der Waals surface area contributed by atoms with Gasteiger partial charge in [0, 0.05) is 12.3 Å². The van der Waals surface area contributed by atoms with E-state index in [1.165, 1.54) is 17.7 Å². The van der Waals surface area contributed by atoms with Gasteiger partial charge in [-0.25, -0.2) is 7.86 Å². The van der Waals surface area contributed by atoms with Crippen LogP contribution in [-0.2, 0) is 7.86 Å². The summed E-state index contributed by atoms with van der Waals surface area (Å²) < 4.78 is 6.26. The van der Waals surface area contributed by atoms with E-state index in [0.29, 0.717) is 0 Å². The highest BCUT2D eigenvalue weighted by molar-refractivity contribution is 5.81. The standard InChI is InChI=1S/C12H10IO2/c1-9(14)15-13-12-8-4-6-10-5-2-3-7-11(10)12/h2-8H,1H3/q+1. The third-order valence-electron chi connectivity index (χ3n) is 1.97. The van der Waals surface area contributed by atoms with E-state index in [1.54, 1.807) is 0 Å². The van der Waals surface area contributed by atoms with Gasteiger partial charge in [-0.1, -0.05) is 30.3 Å². The van der Waals surface area contributed by atoms with Crippen LogP contribution in [0, 0.1) is 3.57 Å². The fourth-order valence-corrected chi connectivity index (χ4v) is 2.98. The molecule has 0 aliphatic carbocycles. The lowest BCUT2D eigenvalue weighted by Crippen LogP contribution is -3.62. The minimum absolute atomic E-state index is 0.198. The lowest BCUT2D eigenvalue weighted by Gasteiger charge is -1.94. The quantitative estimate of drug-likeness (QED) is 0.704. The summed E-state index contributed by atoms with van der Waals surface area (Å²) in [5.74, 6) is -0.198. The molecule has 0 atom stereocenters. The van der Waals surface area contributed by atoms with Crippen molar-refractivity contribution < 1.29 is 29.5 Å². The van der Waals surface area contributed by atoms with Gasteiger partial charge in [-0.15, -0.1) is 0 Å². The molecule has 3 heteroatoms. The van der Waals surface area contributed by atoms with Gasteiger partial charge in [0.15, 0.2) is 0 Å². The van der Waals surface area contributed by atoms with Crippen molar-refractivity contribution in [1.82, 2.24) is 0 Å². The van der Waals surface area contributed by atoms with Crippen molar-refractivity contribution in [2.75, 3.05) is 0 Å². The van der Waals surface area contributed by atoms with Crippen molar-refractivity contribution in [3.05, 3.63) is 46.0 Å². The molecule has 2 rings (SSSR count). The van der Waals surface area contributed by atoms with Gasteiger partial charge in [-0.2, -0.15) is 0 Å². The van der Waals surface area contributed by atoms with Crippen molar-refractivity contribution in [3.8, 4) is 0 Å². The third-order valence-corrected chi connectivity index (χ3v) is 4.22. The zero-order valence-corrected chi connectivity index (χ0v) is 10.4. The Balaban J connectivity index is 2.38. The Labute approximate surface area is 99.1 Å². The number of carbonyl (C=O) groups is 1. The van der Waals surface area contributed by atoms with Crippen LogP contribution >= 0.6 is 0 Å². The number of fused-ring (bicyclic) bond motifs is 1. The summed E-state index contributed by atoms with van der Waals surface area (Å²) in [7, 11) is 0. The minimum atomic E-state index is -0.665. The van der Waals surface area contributed by atoms with Crippen molar-refractivity contribution in [2.24, 2.45) is 0 Å². The Morgan fingerprint density at radius 3 is 2.67 bits per heavy atom. The second-order valence-electron chi connectivity index (χ2n) is 3.11. The summed E-state index contributed by atoms with van der Waals surface area (Å²) in [6.07, 6.45) is 0. The Morgan fingerprint density at radius 1 is 1.13 bits per heavy atom. The van der Waals surface area contributed by atoms with Gasteiger partial charge in [-0.3, -0.25) is 0 Å². The minimum Gasteiger partial charge on any atom is -0.247 e. The van der Waals surface area contributed by atoms with Gasteiger partial charge < -0.3 is 0 Å². The summed E-state index contributed by atoms with van der Waals surface area (Å²) >= 11 is -0.665. The van der Waals surface area contributed by atoms with Crippen LogP contribution in [-0.4, -0.2) is 5.97 Å². The van der Waals surface area contributed by atoms with Gasteiger partial charge in [-0.05, 0) is 17.5 Å². The summed E-state index contributed by atoms with van der Waals surface area (Å²) in [5.41, 5.74) is 0. The van der Waals surface area contributed by atoms with Crippen molar-refractivity contribution in [2.45, 2.75) is 6.92 Å². The summed E-state index contributed by atoms with van der Waals surface area (Å²) in [6, 6.07) is 14.2. The molecule has 0 aliphatic rings. The second kappa shape index (κ2) is 4.61. The first-order valence-corrected chi connectivity index (χ1v) is 6.53. The fraction of sp³-hybridized carbons (Fsp3) is 0.0833. The van der Waals surface area contributed by atoms with Crippen LogP contribution in [0.15, 0.2) is 42.5 Å². The molecule has 0 amide bonds. The normalized spacial score (nSPS) is 10.2. The van der Waals surface area contributed by atoms with Crippen LogP contribution in [0.2, 0.25) is 0 Å². The maximum absolute atomic E-state index is 10.8. The molecule has 2 nitrogen and oxygen atoms in total. The largest absolute Gasteiger partial charge is 0.584 e. The predicted molar refractivity (Wildman–Crippen MR) is 54.4 cm³/mol. The highest BCUT2D eigenvalue weighted by atomic mass is 127. The SMILES string of the molecule is CC(=O)O[I+]c1cccc2ccccc12. The molecule has 0 radical (unpaired) electrons. The first-order valence-electron chi connectivity index (χ1n) is 4.57. The number of halogens is 1. The van der Waals surface area contributed by atoms with E-state index in [4.69, 9.17) is 3.07 Å². The molecule has 15 heavy (non-hydrogen) atoms. The molecule has 0 spiro atoms. The summed E-state index contributed by atoms with van der Waals surface area (Å²) in [5, 5.41) is 2.39. The average molecular weight is 313 g/mol. The fourth-order valence-electron chi connectivity index (χ4n) is 1.35. The van der Waals surface area contributed by atoms with Crippen LogP contribution < -0.4 is 21.6 Å². The molecule has 0 fully saturated rings. The zero-order valence-electron chi connectivity index (χ0n) is 8.24. The molecule has 0 unspecified atom stereocenters. The molecule has 0 aliphatic heterocycles. The molecule has 2 aromatic rings. The number of carbonyl (C=O) groups excluding carboxylic acids is 1. The monoisotopic (exact) mass is 313 g/mol. The first kappa shape index (κ1) is 10.4. The second-order valence-corrected chi connectivity index (χ2v) is 5.15. The van der Waals surface area contributed by atoms with Crippen molar-refractivity contribution in [1.29, 1.82) is 0 Å². The molecular weight excluding hydrogens is 303 g/mol. The zero-order chi connectivity index (χ0) is 10.7. The van der Waals surface area contributed by atoms with E-state index in [9.17, 15) is 4.79 Å². The van der Waals surface area contributed by atoms with Gasteiger partial charge >= 0.3 is 27.6 Å². The number of rotatable bonds is 2. The Morgan fingerprint density at radius 2 is 1.87 bits per heavy atom. The molecular formula is C12H10IO2+. The number of hydrogen-bond donors (Lipinski definition) is 0. The van der Waals surface area contributed by atoms with Crippen molar-refractivity contribution >= 4 is 16.7 Å². The molecule has 2 aromatic carbocycles. The van der Waals surface area contributed by atoms with Gasteiger partial charge in [0.1, 0.15) is 0 Å². The van der Waals surface area contributed by atoms with E-state index in [1.807, 2.05) is 24.3 Å². The van der Waals surface area contributed by atoms with E-state index in [0.717, 1.165) is 3.57 Å². The topological polar surface area (TPSA) is 26.3 Å². The molecule has 0 saturated carbocycles. The third kappa shape index (κ3) is 2.47. The molecule has 0 bridgehead atoms. The highest BCUT2D eigenvalue weighted by Crippen LogP contribution is 2.11. The van der Waals surface area contributed by atoms with Gasteiger partial charge in [0.25, 0.3) is 0 Å². The highest BCUT2D eigenvalue weighted by Gasteiger charge is 2.20. The summed E-state index contributed by atoms with van der Waals surface area (Å²) in [4.78, 5) is 10.8. The van der Waals surface area contributed by atoms with E-state index in [2.05, 4.69) is 18.2 Å². The number of benzene rings is 2. The van der Waals surface area contributed by atoms with Crippen molar-refractivity contribution in [3.63, 3.8) is 0 Å². The lowest BCUT2D eigenvalue weighted by atomic mass is 10.1. The maximum Gasteiger partial charge on any atom is 0.584 e. The van der Waals surface area contributed by atoms with Crippen LogP contribution in [0.1, 0.15) is 6.92 Å². The Bertz CT molecular complexity index is 488. The van der Waals surface area contributed by atoms with Crippen LogP contribution in [0.4, 0.5) is 0 Å². The smallest absolute Gasteiger partial charge is 0.247 e. The molecule has 0 heterocycles. The lowest BCUT2D eigenvalue weighted by molar-refractivity contribution is -0.850. The van der Waals surface area contributed by atoms with Crippen LogP contribution in [0.5, 0.6) is 0 Å². The Kier molecular flexibility index (Phi) is 3.20. The van der Waals surface area contributed by atoms with Gasteiger partial charge in [0.05, 0.1) is 0 Å². The number of hydrogen-bond acceptors (Lipinski definition) is 2. The predicted octanol–water partition coefficient (Wildman–Crippen LogP) is -0.423. The summed E-state index contributed by atoms with van der Waals surface area (Å²) in [6.45, 7) is 1.45. The molecule has 0 aromatic heterocycles. The van der Waals surface area contributed by atoms with Crippen LogP contribution in [0.3, 0.4) is 0 Å². The molecule has 76 valence electrons. The maximum atomic E-state index is 10.8. The van der Waals surface area contributed by atoms with E-state index < -0.39 is 21.6 Å². The van der Waals surface area contributed by atoms with Crippen LogP contribution in [0.25, 0.3) is 10.8 Å². The molecule has 0 saturated heterocycles. The average Bonchev–Trinajstić information content (AvgIpc) is 2.26. The van der Waals surface area contributed by atoms with Gasteiger partial charge in [0.2, 0.25) is 3.57 Å². The van der Waals surface area contributed by atoms with E-state index in [-0.39, 0.29) is 5.97 Å². The Hall–Kier alpha value is -1.10. The first-order chi connectivity index (χ1) is 7.27.